The van der Waals surface area contributed by atoms with E-state index < -0.39 is 6.43 Å². The van der Waals surface area contributed by atoms with E-state index in [1.807, 2.05) is 12.1 Å². The maximum atomic E-state index is 12.4. The molecule has 0 aliphatic rings. The van der Waals surface area contributed by atoms with Crippen LogP contribution < -0.4 is 5.32 Å². The molecule has 0 saturated carbocycles. The fraction of sp³-hybridized carbons (Fsp3) is 0.286. The van der Waals surface area contributed by atoms with Crippen molar-refractivity contribution in [2.24, 2.45) is 0 Å². The molecule has 19 heavy (non-hydrogen) atoms. The van der Waals surface area contributed by atoms with Gasteiger partial charge in [0.15, 0.2) is 0 Å². The third-order valence-electron chi connectivity index (χ3n) is 2.74. The van der Waals surface area contributed by atoms with Gasteiger partial charge in [0.1, 0.15) is 0 Å². The minimum atomic E-state index is -2.40. The third-order valence-corrected chi connectivity index (χ3v) is 4.03. The molecule has 0 amide bonds. The van der Waals surface area contributed by atoms with E-state index in [-0.39, 0.29) is 5.56 Å². The van der Waals surface area contributed by atoms with Gasteiger partial charge in [-0.15, -0.1) is 11.3 Å². The van der Waals surface area contributed by atoms with Gasteiger partial charge in [0.05, 0.1) is 4.34 Å². The molecule has 1 N–H and O–H groups in total. The van der Waals surface area contributed by atoms with Crippen molar-refractivity contribution in [3.05, 3.63) is 56.7 Å². The van der Waals surface area contributed by atoms with Crippen molar-refractivity contribution in [1.82, 2.24) is 5.32 Å². The van der Waals surface area contributed by atoms with Crippen LogP contribution in [0.5, 0.6) is 0 Å². The van der Waals surface area contributed by atoms with Crippen LogP contribution in [-0.4, -0.2) is 6.54 Å². The van der Waals surface area contributed by atoms with Crippen LogP contribution in [0, 0.1) is 0 Å². The first-order valence-electron chi connectivity index (χ1n) is 5.97. The van der Waals surface area contributed by atoms with Crippen molar-refractivity contribution in [2.45, 2.75) is 19.4 Å². The first kappa shape index (κ1) is 14.4. The molecule has 1 aromatic carbocycles. The van der Waals surface area contributed by atoms with Gasteiger partial charge in [0, 0.05) is 23.5 Å². The maximum absolute atomic E-state index is 12.4. The van der Waals surface area contributed by atoms with Gasteiger partial charge in [-0.05, 0) is 24.1 Å². The van der Waals surface area contributed by atoms with E-state index in [0.29, 0.717) is 6.54 Å². The van der Waals surface area contributed by atoms with E-state index in [1.54, 1.807) is 23.5 Å². The molecule has 0 aliphatic heterocycles. The molecule has 0 saturated heterocycles. The van der Waals surface area contributed by atoms with Crippen molar-refractivity contribution in [2.75, 3.05) is 6.54 Å². The second-order valence-corrected chi connectivity index (χ2v) is 5.97. The number of hydrogen-bond acceptors (Lipinski definition) is 2. The number of alkyl halides is 2. The zero-order chi connectivity index (χ0) is 13.7. The Morgan fingerprint density at radius 3 is 2.42 bits per heavy atom. The summed E-state index contributed by atoms with van der Waals surface area (Å²) >= 11 is 7.43. The second-order valence-electron chi connectivity index (χ2n) is 4.17. The summed E-state index contributed by atoms with van der Waals surface area (Å²) in [6, 6.07) is 10.3. The summed E-state index contributed by atoms with van der Waals surface area (Å²) in [5, 5.41) is 3.28. The Labute approximate surface area is 120 Å². The average Bonchev–Trinajstić information content (AvgIpc) is 2.81. The number of benzene rings is 1. The minimum absolute atomic E-state index is 0.0666. The van der Waals surface area contributed by atoms with E-state index in [4.69, 9.17) is 11.6 Å². The van der Waals surface area contributed by atoms with Crippen LogP contribution in [0.15, 0.2) is 36.4 Å². The molecule has 0 spiro atoms. The van der Waals surface area contributed by atoms with Crippen LogP contribution >= 0.6 is 22.9 Å². The Kier molecular flexibility index (Phi) is 5.31. The smallest absolute Gasteiger partial charge is 0.263 e. The van der Waals surface area contributed by atoms with Gasteiger partial charge in [-0.1, -0.05) is 35.9 Å². The van der Waals surface area contributed by atoms with Crippen molar-refractivity contribution >= 4 is 22.9 Å². The molecule has 2 rings (SSSR count). The molecule has 5 heteroatoms. The van der Waals surface area contributed by atoms with E-state index in [1.165, 1.54) is 17.0 Å². The monoisotopic (exact) mass is 301 g/mol. The highest BCUT2D eigenvalue weighted by atomic mass is 35.5. The fourth-order valence-electron chi connectivity index (χ4n) is 1.71. The van der Waals surface area contributed by atoms with Crippen LogP contribution in [0.3, 0.4) is 0 Å². The van der Waals surface area contributed by atoms with Gasteiger partial charge in [0.2, 0.25) is 0 Å². The molecular formula is C14H14ClF2NS. The predicted octanol–water partition coefficient (Wildman–Crippen LogP) is 4.67. The quantitative estimate of drug-likeness (QED) is 0.764. The molecule has 0 aliphatic carbocycles. The van der Waals surface area contributed by atoms with Crippen LogP contribution in [0.1, 0.15) is 22.4 Å². The maximum Gasteiger partial charge on any atom is 0.263 e. The third kappa shape index (κ3) is 4.56. The van der Waals surface area contributed by atoms with Crippen LogP contribution in [0.4, 0.5) is 8.78 Å². The highest BCUT2D eigenvalue weighted by Gasteiger charge is 2.05. The number of nitrogens with one attached hydrogen (secondary N) is 1. The summed E-state index contributed by atoms with van der Waals surface area (Å²) in [4.78, 5) is 1.24. The summed E-state index contributed by atoms with van der Waals surface area (Å²) in [7, 11) is 0. The number of rotatable bonds is 6. The molecule has 0 fully saturated rings. The lowest BCUT2D eigenvalue weighted by Crippen LogP contribution is -2.16. The second kappa shape index (κ2) is 6.98. The molecule has 0 unspecified atom stereocenters. The molecule has 1 aromatic heterocycles. The molecule has 0 atom stereocenters. The van der Waals surface area contributed by atoms with Crippen molar-refractivity contribution in [1.29, 1.82) is 0 Å². The molecule has 0 radical (unpaired) electrons. The van der Waals surface area contributed by atoms with Gasteiger partial charge in [-0.25, -0.2) is 8.78 Å². The van der Waals surface area contributed by atoms with Gasteiger partial charge in [-0.3, -0.25) is 0 Å². The summed E-state index contributed by atoms with van der Waals surface area (Å²) in [5.74, 6) is 0. The fourth-order valence-corrected chi connectivity index (χ4v) is 2.80. The normalized spacial score (nSPS) is 11.2. The molecule has 1 nitrogen and oxygen atoms in total. The largest absolute Gasteiger partial charge is 0.312 e. The first-order valence-corrected chi connectivity index (χ1v) is 7.16. The van der Waals surface area contributed by atoms with Crippen molar-refractivity contribution in [3.63, 3.8) is 0 Å². The Morgan fingerprint density at radius 1 is 1.11 bits per heavy atom. The standard InChI is InChI=1S/C14H14ClF2NS/c15-13-6-5-12(19-13)7-8-18-9-10-1-3-11(4-2-10)14(16)17/h1-6,14,18H,7-9H2. The topological polar surface area (TPSA) is 12.0 Å². The van der Waals surface area contributed by atoms with Crippen molar-refractivity contribution in [3.8, 4) is 0 Å². The number of halogens is 3. The Hall–Kier alpha value is -0.970. The Bertz CT molecular complexity index is 510. The predicted molar refractivity (Wildman–Crippen MR) is 76.1 cm³/mol. The van der Waals surface area contributed by atoms with Gasteiger partial charge in [0.25, 0.3) is 6.43 Å². The minimum Gasteiger partial charge on any atom is -0.312 e. The van der Waals surface area contributed by atoms with E-state index >= 15 is 0 Å². The lowest BCUT2D eigenvalue weighted by Gasteiger charge is -2.05. The average molecular weight is 302 g/mol. The Balaban J connectivity index is 1.73. The lowest BCUT2D eigenvalue weighted by molar-refractivity contribution is 0.151. The van der Waals surface area contributed by atoms with Crippen LogP contribution in [0.2, 0.25) is 4.34 Å². The molecule has 0 bridgehead atoms. The zero-order valence-corrected chi connectivity index (χ0v) is 11.8. The summed E-state index contributed by atoms with van der Waals surface area (Å²) in [6.45, 7) is 1.52. The van der Waals surface area contributed by atoms with Gasteiger partial charge < -0.3 is 5.32 Å². The lowest BCUT2D eigenvalue weighted by atomic mass is 10.1. The van der Waals surface area contributed by atoms with Crippen molar-refractivity contribution < 1.29 is 8.78 Å². The van der Waals surface area contributed by atoms with Crippen LogP contribution in [-0.2, 0) is 13.0 Å². The molecular weight excluding hydrogens is 288 g/mol. The highest BCUT2D eigenvalue weighted by Crippen LogP contribution is 2.21. The highest BCUT2D eigenvalue weighted by molar-refractivity contribution is 7.16. The number of hydrogen-bond donors (Lipinski definition) is 1. The summed E-state index contributed by atoms with van der Waals surface area (Å²) in [5.41, 5.74) is 1.07. The zero-order valence-electron chi connectivity index (χ0n) is 10.2. The molecule has 2 aromatic rings. The van der Waals surface area contributed by atoms with Gasteiger partial charge >= 0.3 is 0 Å². The van der Waals surface area contributed by atoms with Crippen LogP contribution in [0.25, 0.3) is 0 Å². The van der Waals surface area contributed by atoms with E-state index in [2.05, 4.69) is 5.32 Å². The van der Waals surface area contributed by atoms with E-state index in [9.17, 15) is 8.78 Å². The molecule has 1 heterocycles. The first-order chi connectivity index (χ1) is 9.15. The SMILES string of the molecule is FC(F)c1ccc(CNCCc2ccc(Cl)s2)cc1. The Morgan fingerprint density at radius 2 is 1.84 bits per heavy atom. The summed E-state index contributed by atoms with van der Waals surface area (Å²) in [6.07, 6.45) is -1.47. The number of thiophene rings is 1. The summed E-state index contributed by atoms with van der Waals surface area (Å²) < 4.78 is 25.5. The van der Waals surface area contributed by atoms with E-state index in [0.717, 1.165) is 22.9 Å². The van der Waals surface area contributed by atoms with Gasteiger partial charge in [-0.2, -0.15) is 0 Å². The molecule has 102 valence electrons.